The molecule has 0 heterocycles. The summed E-state index contributed by atoms with van der Waals surface area (Å²) in [5, 5.41) is 8.68. The molecular formula is C12H12O3. The standard InChI is InChI=1S/C12H12O3/c13-11(12(14)15)10-7-2-1-6-9(10)8-4-3-5-8/h1-2,6-8H,3-5H2,(H,14,15). The summed E-state index contributed by atoms with van der Waals surface area (Å²) in [7, 11) is 0. The number of carbonyl (C=O) groups excluding carboxylic acids is 1. The summed E-state index contributed by atoms with van der Waals surface area (Å²) in [5.41, 5.74) is 1.26. The summed E-state index contributed by atoms with van der Waals surface area (Å²) in [6.45, 7) is 0. The maximum Gasteiger partial charge on any atom is 0.377 e. The predicted molar refractivity (Wildman–Crippen MR) is 55.0 cm³/mol. The fourth-order valence-electron chi connectivity index (χ4n) is 1.89. The highest BCUT2D eigenvalue weighted by Crippen LogP contribution is 2.37. The molecule has 1 fully saturated rings. The summed E-state index contributed by atoms with van der Waals surface area (Å²) in [6, 6.07) is 7.02. The molecule has 0 unspecified atom stereocenters. The molecule has 0 atom stereocenters. The minimum atomic E-state index is -1.37. The number of aliphatic carboxylic acids is 1. The fourth-order valence-corrected chi connectivity index (χ4v) is 1.89. The first-order valence-corrected chi connectivity index (χ1v) is 5.06. The van der Waals surface area contributed by atoms with Crippen molar-refractivity contribution in [2.75, 3.05) is 0 Å². The monoisotopic (exact) mass is 204 g/mol. The van der Waals surface area contributed by atoms with Crippen LogP contribution >= 0.6 is 0 Å². The third kappa shape index (κ3) is 1.77. The van der Waals surface area contributed by atoms with Crippen LogP contribution in [-0.2, 0) is 4.79 Å². The molecule has 1 aliphatic rings. The van der Waals surface area contributed by atoms with Gasteiger partial charge in [0, 0.05) is 5.56 Å². The zero-order chi connectivity index (χ0) is 10.8. The van der Waals surface area contributed by atoms with E-state index >= 15 is 0 Å². The summed E-state index contributed by atoms with van der Waals surface area (Å²) in [4.78, 5) is 22.0. The number of carbonyl (C=O) groups is 2. The number of carboxylic acids is 1. The number of ketones is 1. The van der Waals surface area contributed by atoms with Crippen molar-refractivity contribution >= 4 is 11.8 Å². The first kappa shape index (κ1) is 9.90. The van der Waals surface area contributed by atoms with Gasteiger partial charge in [-0.1, -0.05) is 30.7 Å². The SMILES string of the molecule is O=C(O)C(=O)c1ccccc1C1CCC1. The third-order valence-corrected chi connectivity index (χ3v) is 2.94. The lowest BCUT2D eigenvalue weighted by Gasteiger charge is -2.27. The van der Waals surface area contributed by atoms with Gasteiger partial charge in [0.1, 0.15) is 0 Å². The number of hydrogen-bond donors (Lipinski definition) is 1. The smallest absolute Gasteiger partial charge is 0.377 e. The fraction of sp³-hybridized carbons (Fsp3) is 0.333. The summed E-state index contributed by atoms with van der Waals surface area (Å²) < 4.78 is 0. The van der Waals surface area contributed by atoms with Gasteiger partial charge in [0.05, 0.1) is 0 Å². The van der Waals surface area contributed by atoms with Crippen molar-refractivity contribution in [1.29, 1.82) is 0 Å². The van der Waals surface area contributed by atoms with Crippen LogP contribution in [0.1, 0.15) is 41.1 Å². The maximum atomic E-state index is 11.4. The van der Waals surface area contributed by atoms with Crippen LogP contribution in [0.5, 0.6) is 0 Å². The Balaban J connectivity index is 2.37. The Morgan fingerprint density at radius 1 is 1.20 bits per heavy atom. The lowest BCUT2D eigenvalue weighted by atomic mass is 9.77. The lowest BCUT2D eigenvalue weighted by molar-refractivity contribution is -0.131. The Hall–Kier alpha value is -1.64. The van der Waals surface area contributed by atoms with Crippen LogP contribution in [0.2, 0.25) is 0 Å². The quantitative estimate of drug-likeness (QED) is 0.606. The summed E-state index contributed by atoms with van der Waals surface area (Å²) >= 11 is 0. The van der Waals surface area contributed by atoms with E-state index in [0.29, 0.717) is 11.5 Å². The van der Waals surface area contributed by atoms with Crippen LogP contribution in [0, 0.1) is 0 Å². The van der Waals surface area contributed by atoms with Gasteiger partial charge in [0.25, 0.3) is 5.78 Å². The molecule has 1 saturated carbocycles. The topological polar surface area (TPSA) is 54.4 Å². The van der Waals surface area contributed by atoms with Crippen molar-refractivity contribution in [3.63, 3.8) is 0 Å². The molecule has 1 aromatic rings. The molecule has 78 valence electrons. The molecular weight excluding hydrogens is 192 g/mol. The third-order valence-electron chi connectivity index (χ3n) is 2.94. The second-order valence-electron chi connectivity index (χ2n) is 3.85. The van der Waals surface area contributed by atoms with Crippen LogP contribution in [-0.4, -0.2) is 16.9 Å². The van der Waals surface area contributed by atoms with E-state index in [1.54, 1.807) is 12.1 Å². The normalized spacial score (nSPS) is 15.7. The minimum absolute atomic E-state index is 0.356. The molecule has 0 radical (unpaired) electrons. The Bertz CT molecular complexity index is 405. The van der Waals surface area contributed by atoms with Gasteiger partial charge in [-0.25, -0.2) is 4.79 Å². The van der Waals surface area contributed by atoms with Gasteiger partial charge in [-0.3, -0.25) is 4.79 Å². The van der Waals surface area contributed by atoms with Crippen molar-refractivity contribution in [2.24, 2.45) is 0 Å². The van der Waals surface area contributed by atoms with Gasteiger partial charge in [-0.15, -0.1) is 0 Å². The Labute approximate surface area is 87.7 Å². The van der Waals surface area contributed by atoms with Gasteiger partial charge < -0.3 is 5.11 Å². The van der Waals surface area contributed by atoms with E-state index in [4.69, 9.17) is 5.11 Å². The molecule has 1 aromatic carbocycles. The van der Waals surface area contributed by atoms with Gasteiger partial charge in [0.15, 0.2) is 0 Å². The van der Waals surface area contributed by atoms with E-state index in [1.807, 2.05) is 12.1 Å². The number of hydrogen-bond acceptors (Lipinski definition) is 2. The predicted octanol–water partition coefficient (Wildman–Crippen LogP) is 2.22. The molecule has 0 bridgehead atoms. The number of carboxylic acid groups (broad SMARTS) is 1. The molecule has 0 saturated heterocycles. The number of benzene rings is 1. The van der Waals surface area contributed by atoms with Crippen LogP contribution in [0.4, 0.5) is 0 Å². The first-order chi connectivity index (χ1) is 7.20. The molecule has 3 nitrogen and oxygen atoms in total. The van der Waals surface area contributed by atoms with E-state index < -0.39 is 11.8 Å². The van der Waals surface area contributed by atoms with E-state index in [9.17, 15) is 9.59 Å². The van der Waals surface area contributed by atoms with Crippen molar-refractivity contribution in [2.45, 2.75) is 25.2 Å². The van der Waals surface area contributed by atoms with Gasteiger partial charge in [0.2, 0.25) is 0 Å². The zero-order valence-electron chi connectivity index (χ0n) is 8.27. The highest BCUT2D eigenvalue weighted by atomic mass is 16.4. The molecule has 15 heavy (non-hydrogen) atoms. The zero-order valence-corrected chi connectivity index (χ0v) is 8.27. The lowest BCUT2D eigenvalue weighted by Crippen LogP contribution is -2.18. The van der Waals surface area contributed by atoms with Crippen molar-refractivity contribution < 1.29 is 14.7 Å². The average Bonchev–Trinajstić information content (AvgIpc) is 2.15. The molecule has 3 heteroatoms. The Morgan fingerprint density at radius 3 is 2.40 bits per heavy atom. The molecule has 1 aliphatic carbocycles. The van der Waals surface area contributed by atoms with E-state index in [0.717, 1.165) is 18.4 Å². The average molecular weight is 204 g/mol. The Morgan fingerprint density at radius 2 is 1.87 bits per heavy atom. The van der Waals surface area contributed by atoms with Gasteiger partial charge in [-0.2, -0.15) is 0 Å². The first-order valence-electron chi connectivity index (χ1n) is 5.06. The number of Topliss-reactive ketones (excluding diaryl/α,β-unsaturated/α-hetero) is 1. The van der Waals surface area contributed by atoms with Crippen molar-refractivity contribution in [3.05, 3.63) is 35.4 Å². The van der Waals surface area contributed by atoms with E-state index in [1.165, 1.54) is 6.42 Å². The van der Waals surface area contributed by atoms with Crippen LogP contribution in [0.3, 0.4) is 0 Å². The van der Waals surface area contributed by atoms with E-state index in [-0.39, 0.29) is 0 Å². The second-order valence-corrected chi connectivity index (χ2v) is 3.85. The van der Waals surface area contributed by atoms with Crippen LogP contribution in [0.25, 0.3) is 0 Å². The Kier molecular flexibility index (Phi) is 2.54. The van der Waals surface area contributed by atoms with E-state index in [2.05, 4.69) is 0 Å². The molecule has 0 spiro atoms. The highest BCUT2D eigenvalue weighted by molar-refractivity contribution is 6.40. The highest BCUT2D eigenvalue weighted by Gasteiger charge is 2.26. The number of rotatable bonds is 3. The van der Waals surface area contributed by atoms with Gasteiger partial charge >= 0.3 is 5.97 Å². The van der Waals surface area contributed by atoms with Crippen molar-refractivity contribution in [3.8, 4) is 0 Å². The van der Waals surface area contributed by atoms with Crippen LogP contribution < -0.4 is 0 Å². The largest absolute Gasteiger partial charge is 0.475 e. The summed E-state index contributed by atoms with van der Waals surface area (Å²) in [5.74, 6) is -1.79. The molecule has 2 rings (SSSR count). The molecule has 0 aromatic heterocycles. The summed E-state index contributed by atoms with van der Waals surface area (Å²) in [6.07, 6.45) is 3.29. The van der Waals surface area contributed by atoms with Crippen molar-refractivity contribution in [1.82, 2.24) is 0 Å². The minimum Gasteiger partial charge on any atom is -0.475 e. The molecule has 1 N–H and O–H groups in total. The molecule has 0 aliphatic heterocycles. The second kappa shape index (κ2) is 3.85. The maximum absolute atomic E-state index is 11.4. The van der Waals surface area contributed by atoms with Gasteiger partial charge in [-0.05, 0) is 24.3 Å². The molecule has 0 amide bonds. The van der Waals surface area contributed by atoms with Crippen LogP contribution in [0.15, 0.2) is 24.3 Å².